The number of hydrogen-bond donors (Lipinski definition) is 2. The number of pyridine rings is 2. The van der Waals surface area contributed by atoms with Gasteiger partial charge in [0.25, 0.3) is 0 Å². The largest absolute Gasteiger partial charge is 0.383 e. The summed E-state index contributed by atoms with van der Waals surface area (Å²) in [5.41, 5.74) is 11.3. The van der Waals surface area contributed by atoms with E-state index in [0.717, 1.165) is 40.6 Å². The molecule has 1 saturated carbocycles. The number of nitrogens with one attached hydrogen (secondary N) is 1. The molecular weight excluding hydrogens is 394 g/mol. The molecule has 0 spiro atoms. The van der Waals surface area contributed by atoms with Crippen molar-refractivity contribution in [3.8, 4) is 28.5 Å². The molecule has 0 saturated heterocycles. The van der Waals surface area contributed by atoms with Gasteiger partial charge in [0.2, 0.25) is 0 Å². The van der Waals surface area contributed by atoms with Crippen LogP contribution in [0.1, 0.15) is 37.7 Å². The monoisotopic (exact) mass is 419 g/mol. The van der Waals surface area contributed by atoms with Crippen LogP contribution in [0.2, 0.25) is 0 Å². The Bertz CT molecular complexity index is 1290. The third kappa shape index (κ3) is 3.76. The average Bonchev–Trinajstić information content (AvgIpc) is 2.85. The number of nitrogens with zero attached hydrogens (tertiary/aromatic N) is 3. The molecule has 2 heterocycles. The minimum Gasteiger partial charge on any atom is -0.383 e. The van der Waals surface area contributed by atoms with Crippen molar-refractivity contribution < 1.29 is 0 Å². The van der Waals surface area contributed by atoms with Crippen LogP contribution >= 0.6 is 0 Å². The van der Waals surface area contributed by atoms with E-state index in [0.29, 0.717) is 28.8 Å². The highest BCUT2D eigenvalue weighted by Gasteiger charge is 2.22. The molecule has 158 valence electrons. The van der Waals surface area contributed by atoms with Crippen molar-refractivity contribution in [3.63, 3.8) is 0 Å². The fourth-order valence-electron chi connectivity index (χ4n) is 4.58. The minimum absolute atomic E-state index is 0.311. The van der Waals surface area contributed by atoms with E-state index in [2.05, 4.69) is 16.4 Å². The summed E-state index contributed by atoms with van der Waals surface area (Å²) in [5.74, 6) is 0.935. The van der Waals surface area contributed by atoms with Gasteiger partial charge in [-0.25, -0.2) is 9.97 Å². The van der Waals surface area contributed by atoms with Gasteiger partial charge in [0, 0.05) is 11.6 Å². The molecule has 5 nitrogen and oxygen atoms in total. The Kier molecular flexibility index (Phi) is 5.43. The Morgan fingerprint density at radius 1 is 0.875 bits per heavy atom. The standard InChI is InChI=1S/C27H25N5/c28-17-22-25-24(26(29)32-27(22)30-20-14-8-3-9-15-20)21(18-10-4-1-5-11-18)16-23(31-25)19-12-6-2-7-13-19/h1-2,4-7,10-13,16,20H,3,8-9,14-15H2,(H3,29,30,32). The zero-order chi connectivity index (χ0) is 21.9. The maximum Gasteiger partial charge on any atom is 0.148 e. The summed E-state index contributed by atoms with van der Waals surface area (Å²) in [7, 11) is 0. The van der Waals surface area contributed by atoms with Crippen molar-refractivity contribution in [1.82, 2.24) is 9.97 Å². The molecule has 4 aromatic rings. The quantitative estimate of drug-likeness (QED) is 0.413. The number of rotatable bonds is 4. The highest BCUT2D eigenvalue weighted by atomic mass is 15.0. The van der Waals surface area contributed by atoms with Gasteiger partial charge in [-0.3, -0.25) is 0 Å². The zero-order valence-electron chi connectivity index (χ0n) is 17.9. The highest BCUT2D eigenvalue weighted by Crippen LogP contribution is 2.38. The topological polar surface area (TPSA) is 87.6 Å². The Morgan fingerprint density at radius 2 is 1.53 bits per heavy atom. The summed E-state index contributed by atoms with van der Waals surface area (Å²) < 4.78 is 0. The summed E-state index contributed by atoms with van der Waals surface area (Å²) >= 11 is 0. The first-order valence-electron chi connectivity index (χ1n) is 11.2. The van der Waals surface area contributed by atoms with Crippen molar-refractivity contribution in [2.45, 2.75) is 38.1 Å². The fourth-order valence-corrected chi connectivity index (χ4v) is 4.58. The fraction of sp³-hybridized carbons (Fsp3) is 0.222. The SMILES string of the molecule is N#Cc1c(NC2CCCCC2)nc(N)c2c(-c3ccccc3)cc(-c3ccccc3)nc12. The lowest BCUT2D eigenvalue weighted by Gasteiger charge is -2.24. The maximum absolute atomic E-state index is 10.1. The lowest BCUT2D eigenvalue weighted by atomic mass is 9.95. The van der Waals surface area contributed by atoms with E-state index in [4.69, 9.17) is 10.7 Å². The van der Waals surface area contributed by atoms with Crippen LogP contribution in [0.3, 0.4) is 0 Å². The van der Waals surface area contributed by atoms with Crippen LogP contribution < -0.4 is 11.1 Å². The molecule has 32 heavy (non-hydrogen) atoms. The molecule has 2 aromatic carbocycles. The number of anilines is 2. The molecule has 1 aliphatic rings. The Hall–Kier alpha value is -3.91. The number of fused-ring (bicyclic) bond motifs is 1. The Labute approximate surface area is 187 Å². The maximum atomic E-state index is 10.1. The van der Waals surface area contributed by atoms with Crippen molar-refractivity contribution in [3.05, 3.63) is 72.3 Å². The molecule has 0 bridgehead atoms. The van der Waals surface area contributed by atoms with Crippen LogP contribution in [0, 0.1) is 11.3 Å². The predicted octanol–water partition coefficient (Wildman–Crippen LogP) is 6.16. The van der Waals surface area contributed by atoms with Gasteiger partial charge in [0.05, 0.1) is 16.6 Å². The van der Waals surface area contributed by atoms with Crippen LogP contribution in [0.15, 0.2) is 66.7 Å². The van der Waals surface area contributed by atoms with E-state index < -0.39 is 0 Å². The molecule has 5 heteroatoms. The third-order valence-corrected chi connectivity index (χ3v) is 6.19. The van der Waals surface area contributed by atoms with Crippen LogP contribution in [0.4, 0.5) is 11.6 Å². The molecule has 0 aliphatic heterocycles. The van der Waals surface area contributed by atoms with Gasteiger partial charge in [-0.15, -0.1) is 0 Å². The lowest BCUT2D eigenvalue weighted by molar-refractivity contribution is 0.462. The number of benzene rings is 2. The van der Waals surface area contributed by atoms with E-state index in [1.807, 2.05) is 66.7 Å². The van der Waals surface area contributed by atoms with E-state index >= 15 is 0 Å². The van der Waals surface area contributed by atoms with E-state index in [1.165, 1.54) is 19.3 Å². The first-order chi connectivity index (χ1) is 15.7. The second-order valence-electron chi connectivity index (χ2n) is 8.32. The molecule has 1 aliphatic carbocycles. The zero-order valence-corrected chi connectivity index (χ0v) is 17.9. The molecule has 0 radical (unpaired) electrons. The Morgan fingerprint density at radius 3 is 2.19 bits per heavy atom. The molecule has 0 amide bonds. The van der Waals surface area contributed by atoms with Gasteiger partial charge in [-0.2, -0.15) is 5.26 Å². The molecule has 5 rings (SSSR count). The van der Waals surface area contributed by atoms with E-state index in [9.17, 15) is 5.26 Å². The number of nitrogen functional groups attached to an aromatic ring is 1. The molecule has 3 N–H and O–H groups in total. The highest BCUT2D eigenvalue weighted by molar-refractivity contribution is 6.06. The molecule has 1 fully saturated rings. The van der Waals surface area contributed by atoms with Crippen molar-refractivity contribution in [2.75, 3.05) is 11.1 Å². The summed E-state index contributed by atoms with van der Waals surface area (Å²) in [6, 6.07) is 24.8. The van der Waals surface area contributed by atoms with Gasteiger partial charge >= 0.3 is 0 Å². The van der Waals surface area contributed by atoms with Gasteiger partial charge in [0.15, 0.2) is 0 Å². The molecule has 2 aromatic heterocycles. The minimum atomic E-state index is 0.311. The summed E-state index contributed by atoms with van der Waals surface area (Å²) in [6.45, 7) is 0. The van der Waals surface area contributed by atoms with Gasteiger partial charge < -0.3 is 11.1 Å². The lowest BCUT2D eigenvalue weighted by Crippen LogP contribution is -2.23. The second-order valence-corrected chi connectivity index (χ2v) is 8.32. The Balaban J connectivity index is 1.76. The van der Waals surface area contributed by atoms with Gasteiger partial charge in [-0.1, -0.05) is 79.9 Å². The van der Waals surface area contributed by atoms with Gasteiger partial charge in [0.1, 0.15) is 23.3 Å². The normalized spacial score (nSPS) is 14.2. The van der Waals surface area contributed by atoms with Crippen LogP contribution in [-0.2, 0) is 0 Å². The average molecular weight is 420 g/mol. The molecular formula is C27H25N5. The summed E-state index contributed by atoms with van der Waals surface area (Å²) in [5, 5.41) is 14.4. The molecule has 0 atom stereocenters. The number of hydrogen-bond acceptors (Lipinski definition) is 5. The third-order valence-electron chi connectivity index (χ3n) is 6.19. The molecule has 0 unspecified atom stereocenters. The van der Waals surface area contributed by atoms with E-state index in [1.54, 1.807) is 0 Å². The van der Waals surface area contributed by atoms with Crippen LogP contribution in [-0.4, -0.2) is 16.0 Å². The first kappa shape index (κ1) is 20.0. The second kappa shape index (κ2) is 8.68. The van der Waals surface area contributed by atoms with E-state index in [-0.39, 0.29) is 0 Å². The van der Waals surface area contributed by atoms with Crippen molar-refractivity contribution in [2.24, 2.45) is 0 Å². The van der Waals surface area contributed by atoms with Gasteiger partial charge in [-0.05, 0) is 30.0 Å². The summed E-state index contributed by atoms with van der Waals surface area (Å²) in [4.78, 5) is 9.59. The van der Waals surface area contributed by atoms with Crippen LogP contribution in [0.5, 0.6) is 0 Å². The first-order valence-corrected chi connectivity index (χ1v) is 11.2. The van der Waals surface area contributed by atoms with Crippen molar-refractivity contribution >= 4 is 22.5 Å². The number of nitriles is 1. The summed E-state index contributed by atoms with van der Waals surface area (Å²) in [6.07, 6.45) is 5.81. The smallest absolute Gasteiger partial charge is 0.148 e. The number of aromatic nitrogens is 2. The van der Waals surface area contributed by atoms with Crippen molar-refractivity contribution in [1.29, 1.82) is 5.26 Å². The number of nitrogens with two attached hydrogens (primary N) is 1. The predicted molar refractivity (Wildman–Crippen MR) is 130 cm³/mol. The van der Waals surface area contributed by atoms with Crippen LogP contribution in [0.25, 0.3) is 33.3 Å².